The largest absolute Gasteiger partial charge is 0.310 e. The summed E-state index contributed by atoms with van der Waals surface area (Å²) in [7, 11) is 0. The predicted molar refractivity (Wildman–Crippen MR) is 87.8 cm³/mol. The Morgan fingerprint density at radius 3 is 2.68 bits per heavy atom. The van der Waals surface area contributed by atoms with Crippen LogP contribution in [0.25, 0.3) is 0 Å². The standard InChI is InChI=1S/C17H24N4O/c1-11(2)10-21-14(5)15(13(4)20-21)9-16(22)19-17-12(3)7-6-8-18-17/h6-8,11H,9-10H2,1-5H3,(H,18,19,22). The minimum absolute atomic E-state index is 0.0582. The van der Waals surface area contributed by atoms with E-state index < -0.39 is 0 Å². The van der Waals surface area contributed by atoms with Crippen LogP contribution in [0.4, 0.5) is 5.82 Å². The molecule has 0 radical (unpaired) electrons. The molecule has 0 unspecified atom stereocenters. The predicted octanol–water partition coefficient (Wildman–Crippen LogP) is 3.04. The maximum Gasteiger partial charge on any atom is 0.230 e. The first-order valence-electron chi connectivity index (χ1n) is 7.62. The van der Waals surface area contributed by atoms with Crippen LogP contribution in [0.1, 0.15) is 36.4 Å². The van der Waals surface area contributed by atoms with Gasteiger partial charge in [-0.25, -0.2) is 4.98 Å². The first-order chi connectivity index (χ1) is 10.4. The molecular weight excluding hydrogens is 276 g/mol. The van der Waals surface area contributed by atoms with Crippen LogP contribution in [0.3, 0.4) is 0 Å². The molecule has 2 aromatic rings. The molecule has 2 heterocycles. The average molecular weight is 300 g/mol. The lowest BCUT2D eigenvalue weighted by Gasteiger charge is -2.09. The smallest absolute Gasteiger partial charge is 0.230 e. The number of nitrogens with zero attached hydrogens (tertiary/aromatic N) is 3. The molecule has 5 heteroatoms. The summed E-state index contributed by atoms with van der Waals surface area (Å²) in [5.41, 5.74) is 3.96. The fraction of sp³-hybridized carbons (Fsp3) is 0.471. The average Bonchev–Trinajstić information content (AvgIpc) is 2.68. The van der Waals surface area contributed by atoms with E-state index in [4.69, 9.17) is 0 Å². The highest BCUT2D eigenvalue weighted by atomic mass is 16.1. The molecule has 1 N–H and O–H groups in total. The second kappa shape index (κ2) is 6.73. The maximum atomic E-state index is 12.3. The van der Waals surface area contributed by atoms with Crippen LogP contribution in [-0.2, 0) is 17.8 Å². The molecule has 0 saturated heterocycles. The van der Waals surface area contributed by atoms with Crippen molar-refractivity contribution in [2.45, 2.75) is 47.6 Å². The summed E-state index contributed by atoms with van der Waals surface area (Å²) in [6, 6.07) is 3.79. The van der Waals surface area contributed by atoms with Gasteiger partial charge in [0.05, 0.1) is 12.1 Å². The van der Waals surface area contributed by atoms with Crippen molar-refractivity contribution in [3.05, 3.63) is 40.8 Å². The van der Waals surface area contributed by atoms with Crippen LogP contribution in [-0.4, -0.2) is 20.7 Å². The number of amides is 1. The molecule has 0 atom stereocenters. The first-order valence-corrected chi connectivity index (χ1v) is 7.62. The lowest BCUT2D eigenvalue weighted by molar-refractivity contribution is -0.115. The minimum Gasteiger partial charge on any atom is -0.310 e. The lowest BCUT2D eigenvalue weighted by atomic mass is 10.1. The Kier molecular flexibility index (Phi) is 4.96. The van der Waals surface area contributed by atoms with Gasteiger partial charge in [-0.1, -0.05) is 19.9 Å². The van der Waals surface area contributed by atoms with Crippen molar-refractivity contribution in [1.82, 2.24) is 14.8 Å². The number of carbonyl (C=O) groups is 1. The molecule has 0 aliphatic rings. The summed E-state index contributed by atoms with van der Waals surface area (Å²) in [5, 5.41) is 7.43. The van der Waals surface area contributed by atoms with Crippen LogP contribution in [0.5, 0.6) is 0 Å². The summed E-state index contributed by atoms with van der Waals surface area (Å²) in [6.45, 7) is 11.1. The van der Waals surface area contributed by atoms with Crippen molar-refractivity contribution in [1.29, 1.82) is 0 Å². The Morgan fingerprint density at radius 1 is 1.32 bits per heavy atom. The molecule has 2 rings (SSSR count). The topological polar surface area (TPSA) is 59.8 Å². The minimum atomic E-state index is -0.0582. The number of pyridine rings is 1. The Balaban J connectivity index is 2.12. The summed E-state index contributed by atoms with van der Waals surface area (Å²) < 4.78 is 1.99. The molecule has 5 nitrogen and oxygen atoms in total. The summed E-state index contributed by atoms with van der Waals surface area (Å²) in [6.07, 6.45) is 2.01. The normalized spacial score (nSPS) is 11.0. The highest BCUT2D eigenvalue weighted by molar-refractivity contribution is 5.92. The highest BCUT2D eigenvalue weighted by Crippen LogP contribution is 2.16. The maximum absolute atomic E-state index is 12.3. The van der Waals surface area contributed by atoms with E-state index in [2.05, 4.69) is 29.2 Å². The van der Waals surface area contributed by atoms with Crippen molar-refractivity contribution in [3.8, 4) is 0 Å². The monoisotopic (exact) mass is 300 g/mol. The fourth-order valence-corrected chi connectivity index (χ4v) is 2.47. The number of anilines is 1. The van der Waals surface area contributed by atoms with E-state index in [9.17, 15) is 4.79 Å². The molecule has 0 saturated carbocycles. The Bertz CT molecular complexity index is 673. The molecule has 22 heavy (non-hydrogen) atoms. The van der Waals surface area contributed by atoms with Gasteiger partial charge in [0.25, 0.3) is 0 Å². The Hall–Kier alpha value is -2.17. The molecule has 0 aliphatic carbocycles. The van der Waals surface area contributed by atoms with E-state index in [1.807, 2.05) is 37.6 Å². The van der Waals surface area contributed by atoms with Crippen molar-refractivity contribution in [2.24, 2.45) is 5.92 Å². The molecule has 2 aromatic heterocycles. The number of hydrogen-bond acceptors (Lipinski definition) is 3. The van der Waals surface area contributed by atoms with E-state index in [0.29, 0.717) is 18.2 Å². The quantitative estimate of drug-likeness (QED) is 0.923. The van der Waals surface area contributed by atoms with E-state index in [-0.39, 0.29) is 5.91 Å². The van der Waals surface area contributed by atoms with Crippen LogP contribution < -0.4 is 5.32 Å². The van der Waals surface area contributed by atoms with Crippen molar-refractivity contribution in [3.63, 3.8) is 0 Å². The van der Waals surface area contributed by atoms with Crippen LogP contribution in [0, 0.1) is 26.7 Å². The zero-order valence-corrected chi connectivity index (χ0v) is 14.0. The molecule has 0 bridgehead atoms. The zero-order valence-electron chi connectivity index (χ0n) is 14.0. The third kappa shape index (κ3) is 3.72. The molecule has 0 fully saturated rings. The van der Waals surface area contributed by atoms with Crippen LogP contribution >= 0.6 is 0 Å². The van der Waals surface area contributed by atoms with Gasteiger partial charge in [-0.15, -0.1) is 0 Å². The van der Waals surface area contributed by atoms with E-state index in [0.717, 1.165) is 29.1 Å². The Labute approximate surface area is 131 Å². The fourth-order valence-electron chi connectivity index (χ4n) is 2.47. The third-order valence-electron chi connectivity index (χ3n) is 3.67. The van der Waals surface area contributed by atoms with Gasteiger partial charge in [0.1, 0.15) is 5.82 Å². The van der Waals surface area contributed by atoms with E-state index in [1.54, 1.807) is 6.20 Å². The second-order valence-corrected chi connectivity index (χ2v) is 6.12. The first kappa shape index (κ1) is 16.2. The summed E-state index contributed by atoms with van der Waals surface area (Å²) in [5.74, 6) is 1.09. The summed E-state index contributed by atoms with van der Waals surface area (Å²) >= 11 is 0. The van der Waals surface area contributed by atoms with Crippen molar-refractivity contribution >= 4 is 11.7 Å². The van der Waals surface area contributed by atoms with Crippen LogP contribution in [0.15, 0.2) is 18.3 Å². The second-order valence-electron chi connectivity index (χ2n) is 6.12. The molecule has 0 aliphatic heterocycles. The van der Waals surface area contributed by atoms with Gasteiger partial charge in [0.15, 0.2) is 0 Å². The van der Waals surface area contributed by atoms with Gasteiger partial charge in [0.2, 0.25) is 5.91 Å². The number of aromatic nitrogens is 3. The number of hydrogen-bond donors (Lipinski definition) is 1. The van der Waals surface area contributed by atoms with E-state index in [1.165, 1.54) is 0 Å². The lowest BCUT2D eigenvalue weighted by Crippen LogP contribution is -2.17. The molecule has 118 valence electrons. The van der Waals surface area contributed by atoms with Crippen molar-refractivity contribution < 1.29 is 4.79 Å². The number of nitrogens with one attached hydrogen (secondary N) is 1. The van der Waals surface area contributed by atoms with E-state index >= 15 is 0 Å². The number of aryl methyl sites for hydroxylation is 2. The van der Waals surface area contributed by atoms with Gasteiger partial charge < -0.3 is 5.32 Å². The van der Waals surface area contributed by atoms with Gasteiger partial charge in [-0.2, -0.15) is 5.10 Å². The highest BCUT2D eigenvalue weighted by Gasteiger charge is 2.16. The van der Waals surface area contributed by atoms with Crippen LogP contribution in [0.2, 0.25) is 0 Å². The van der Waals surface area contributed by atoms with Gasteiger partial charge in [-0.05, 0) is 38.3 Å². The van der Waals surface area contributed by atoms with Gasteiger partial charge in [-0.3, -0.25) is 9.48 Å². The molecule has 1 amide bonds. The van der Waals surface area contributed by atoms with Gasteiger partial charge in [0, 0.05) is 24.0 Å². The van der Waals surface area contributed by atoms with Crippen molar-refractivity contribution in [2.75, 3.05) is 5.32 Å². The SMILES string of the molecule is Cc1cccnc1NC(=O)Cc1c(C)nn(CC(C)C)c1C. The Morgan fingerprint density at radius 2 is 2.05 bits per heavy atom. The van der Waals surface area contributed by atoms with Gasteiger partial charge >= 0.3 is 0 Å². The zero-order chi connectivity index (χ0) is 16.3. The summed E-state index contributed by atoms with van der Waals surface area (Å²) in [4.78, 5) is 16.5. The molecular formula is C17H24N4O. The third-order valence-corrected chi connectivity index (χ3v) is 3.67. The number of carbonyl (C=O) groups excluding carboxylic acids is 1. The number of rotatable bonds is 5. The molecule has 0 aromatic carbocycles. The molecule has 0 spiro atoms.